The fourth-order valence-electron chi connectivity index (χ4n) is 1.96. The molecule has 0 saturated carbocycles. The minimum absolute atomic E-state index is 0.307. The Morgan fingerprint density at radius 3 is 2.16 bits per heavy atom. The summed E-state index contributed by atoms with van der Waals surface area (Å²) in [7, 11) is 0. The monoisotopic (exact) mass is 364 g/mol. The lowest BCUT2D eigenvalue weighted by Crippen LogP contribution is -2.04. The van der Waals surface area contributed by atoms with Crippen molar-refractivity contribution in [3.05, 3.63) is 68.8 Å². The van der Waals surface area contributed by atoms with Gasteiger partial charge in [-0.2, -0.15) is 0 Å². The van der Waals surface area contributed by atoms with Crippen molar-refractivity contribution in [1.29, 1.82) is 0 Å². The smallest absolute Gasteiger partial charge is 0.137 e. The number of carbonyl (C=O) groups excluding carboxylic acids is 1. The SMILES string of the molecule is Cc1ccc(CCC(=O)Cc2ccc(I)cc2)cc1. The van der Waals surface area contributed by atoms with E-state index in [1.807, 2.05) is 24.3 Å². The molecule has 0 bridgehead atoms. The van der Waals surface area contributed by atoms with Gasteiger partial charge in [0.2, 0.25) is 0 Å². The maximum atomic E-state index is 11.9. The molecule has 0 aliphatic heterocycles. The second-order valence-corrected chi connectivity index (χ2v) is 6.07. The van der Waals surface area contributed by atoms with Crippen LogP contribution in [0.25, 0.3) is 0 Å². The zero-order valence-corrected chi connectivity index (χ0v) is 13.2. The van der Waals surface area contributed by atoms with Gasteiger partial charge in [0.25, 0.3) is 0 Å². The fraction of sp³-hybridized carbons (Fsp3) is 0.235. The van der Waals surface area contributed by atoms with Crippen molar-refractivity contribution in [1.82, 2.24) is 0 Å². The van der Waals surface area contributed by atoms with E-state index in [0.717, 1.165) is 12.0 Å². The quantitative estimate of drug-likeness (QED) is 0.722. The lowest BCUT2D eigenvalue weighted by Gasteiger charge is -2.03. The van der Waals surface area contributed by atoms with E-state index in [4.69, 9.17) is 0 Å². The summed E-state index contributed by atoms with van der Waals surface area (Å²) < 4.78 is 1.20. The molecular formula is C17H17IO. The zero-order valence-electron chi connectivity index (χ0n) is 11.0. The molecule has 2 aromatic carbocycles. The van der Waals surface area contributed by atoms with E-state index < -0.39 is 0 Å². The van der Waals surface area contributed by atoms with Crippen LogP contribution in [-0.4, -0.2) is 5.78 Å². The van der Waals surface area contributed by atoms with E-state index in [1.54, 1.807) is 0 Å². The van der Waals surface area contributed by atoms with Gasteiger partial charge in [-0.3, -0.25) is 4.79 Å². The highest BCUT2D eigenvalue weighted by Gasteiger charge is 2.04. The molecule has 2 rings (SSSR count). The summed E-state index contributed by atoms with van der Waals surface area (Å²) in [5.74, 6) is 0.307. The van der Waals surface area contributed by atoms with Crippen LogP contribution in [0.3, 0.4) is 0 Å². The molecule has 2 aromatic rings. The molecule has 0 heterocycles. The van der Waals surface area contributed by atoms with Gasteiger partial charge < -0.3 is 0 Å². The van der Waals surface area contributed by atoms with Crippen LogP contribution in [0.1, 0.15) is 23.1 Å². The fourth-order valence-corrected chi connectivity index (χ4v) is 2.32. The first-order valence-corrected chi connectivity index (χ1v) is 7.53. The number of hydrogen-bond acceptors (Lipinski definition) is 1. The zero-order chi connectivity index (χ0) is 13.7. The topological polar surface area (TPSA) is 17.1 Å². The summed E-state index contributed by atoms with van der Waals surface area (Å²) >= 11 is 2.27. The van der Waals surface area contributed by atoms with Crippen molar-refractivity contribution >= 4 is 28.4 Å². The molecule has 0 radical (unpaired) electrons. The molecule has 2 heteroatoms. The summed E-state index contributed by atoms with van der Waals surface area (Å²) in [5, 5.41) is 0. The normalized spacial score (nSPS) is 10.4. The summed E-state index contributed by atoms with van der Waals surface area (Å²) in [5.41, 5.74) is 3.60. The molecule has 0 N–H and O–H groups in total. The van der Waals surface area contributed by atoms with Crippen molar-refractivity contribution in [2.24, 2.45) is 0 Å². The van der Waals surface area contributed by atoms with Crippen molar-refractivity contribution in [2.75, 3.05) is 0 Å². The third kappa shape index (κ3) is 4.78. The second kappa shape index (κ2) is 6.85. The molecular weight excluding hydrogens is 347 g/mol. The molecule has 0 amide bonds. The number of Topliss-reactive ketones (excluding diaryl/α,β-unsaturated/α-hetero) is 1. The lowest BCUT2D eigenvalue weighted by atomic mass is 10.0. The Bertz CT molecular complexity index is 540. The van der Waals surface area contributed by atoms with Crippen LogP contribution < -0.4 is 0 Å². The number of aryl methyl sites for hydroxylation is 2. The second-order valence-electron chi connectivity index (χ2n) is 4.83. The molecule has 98 valence electrons. The van der Waals surface area contributed by atoms with Gasteiger partial charge in [0, 0.05) is 16.4 Å². The number of rotatable bonds is 5. The van der Waals surface area contributed by atoms with E-state index >= 15 is 0 Å². The molecule has 1 nitrogen and oxygen atoms in total. The van der Waals surface area contributed by atoms with Crippen LogP contribution in [0, 0.1) is 10.5 Å². The number of halogens is 1. The third-order valence-corrected chi connectivity index (χ3v) is 3.85. The molecule has 0 saturated heterocycles. The Kier molecular flexibility index (Phi) is 5.14. The van der Waals surface area contributed by atoms with Gasteiger partial charge in [-0.05, 0) is 59.2 Å². The maximum absolute atomic E-state index is 11.9. The third-order valence-electron chi connectivity index (χ3n) is 3.13. The van der Waals surface area contributed by atoms with Gasteiger partial charge in [-0.25, -0.2) is 0 Å². The highest BCUT2D eigenvalue weighted by atomic mass is 127. The molecule has 0 spiro atoms. The van der Waals surface area contributed by atoms with Gasteiger partial charge in [-0.1, -0.05) is 42.0 Å². The number of carbonyl (C=O) groups is 1. The van der Waals surface area contributed by atoms with Crippen LogP contribution in [0.2, 0.25) is 0 Å². The summed E-state index contributed by atoms with van der Waals surface area (Å²) in [6, 6.07) is 16.6. The van der Waals surface area contributed by atoms with Gasteiger partial charge in [0.05, 0.1) is 0 Å². The molecule has 0 aliphatic rings. The first-order valence-electron chi connectivity index (χ1n) is 6.45. The molecule has 0 fully saturated rings. The van der Waals surface area contributed by atoms with Gasteiger partial charge in [-0.15, -0.1) is 0 Å². The van der Waals surface area contributed by atoms with Crippen LogP contribution in [0.5, 0.6) is 0 Å². The van der Waals surface area contributed by atoms with Crippen molar-refractivity contribution < 1.29 is 4.79 Å². The Morgan fingerprint density at radius 2 is 1.53 bits per heavy atom. The minimum Gasteiger partial charge on any atom is -0.299 e. The Balaban J connectivity index is 1.84. The molecule has 0 unspecified atom stereocenters. The largest absolute Gasteiger partial charge is 0.299 e. The predicted octanol–water partition coefficient (Wildman–Crippen LogP) is 4.34. The van der Waals surface area contributed by atoms with E-state index in [0.29, 0.717) is 18.6 Å². The highest BCUT2D eigenvalue weighted by molar-refractivity contribution is 14.1. The van der Waals surface area contributed by atoms with Crippen molar-refractivity contribution in [2.45, 2.75) is 26.2 Å². The Labute approximate surface area is 128 Å². The van der Waals surface area contributed by atoms with Gasteiger partial charge in [0.15, 0.2) is 0 Å². The van der Waals surface area contributed by atoms with E-state index in [-0.39, 0.29) is 0 Å². The lowest BCUT2D eigenvalue weighted by molar-refractivity contribution is -0.118. The first-order chi connectivity index (χ1) is 9.13. The molecule has 0 aliphatic carbocycles. The number of ketones is 1. The summed E-state index contributed by atoms with van der Waals surface area (Å²) in [4.78, 5) is 11.9. The molecule has 19 heavy (non-hydrogen) atoms. The average Bonchev–Trinajstić information content (AvgIpc) is 2.41. The maximum Gasteiger partial charge on any atom is 0.137 e. The number of benzene rings is 2. The number of hydrogen-bond donors (Lipinski definition) is 0. The van der Waals surface area contributed by atoms with Crippen molar-refractivity contribution in [3.63, 3.8) is 0 Å². The van der Waals surface area contributed by atoms with Crippen LogP contribution in [-0.2, 0) is 17.6 Å². The minimum atomic E-state index is 0.307. The van der Waals surface area contributed by atoms with Crippen LogP contribution in [0.15, 0.2) is 48.5 Å². The van der Waals surface area contributed by atoms with Gasteiger partial charge in [0.1, 0.15) is 5.78 Å². The Hall–Kier alpha value is -1.16. The van der Waals surface area contributed by atoms with E-state index in [9.17, 15) is 4.79 Å². The summed E-state index contributed by atoms with van der Waals surface area (Å²) in [6.45, 7) is 2.08. The summed E-state index contributed by atoms with van der Waals surface area (Å²) in [6.07, 6.45) is 2.00. The first kappa shape index (κ1) is 14.3. The Morgan fingerprint density at radius 1 is 0.947 bits per heavy atom. The van der Waals surface area contributed by atoms with E-state index in [2.05, 4.69) is 53.8 Å². The average molecular weight is 364 g/mol. The standard InChI is InChI=1S/C17H17IO/c1-13-2-4-14(5-3-13)8-11-17(19)12-15-6-9-16(18)10-7-15/h2-7,9-10H,8,11-12H2,1H3. The van der Waals surface area contributed by atoms with Gasteiger partial charge >= 0.3 is 0 Å². The van der Waals surface area contributed by atoms with E-state index in [1.165, 1.54) is 14.7 Å². The molecule has 0 atom stereocenters. The molecule has 0 aromatic heterocycles. The van der Waals surface area contributed by atoms with Crippen LogP contribution >= 0.6 is 22.6 Å². The highest BCUT2D eigenvalue weighted by Crippen LogP contribution is 2.10. The van der Waals surface area contributed by atoms with Crippen LogP contribution in [0.4, 0.5) is 0 Å². The van der Waals surface area contributed by atoms with Crippen molar-refractivity contribution in [3.8, 4) is 0 Å². The predicted molar refractivity (Wildman–Crippen MR) is 87.4 cm³/mol.